The highest BCUT2D eigenvalue weighted by Crippen LogP contribution is 2.35. The molecule has 0 bridgehead atoms. The van der Waals surface area contributed by atoms with Gasteiger partial charge in [0.05, 0.1) is 23.1 Å². The van der Waals surface area contributed by atoms with Crippen molar-refractivity contribution in [1.29, 1.82) is 0 Å². The highest BCUT2D eigenvalue weighted by molar-refractivity contribution is 7.21. The number of amides is 1. The van der Waals surface area contributed by atoms with Crippen molar-refractivity contribution < 1.29 is 4.79 Å². The number of rotatable bonds is 3. The molecule has 2 heterocycles. The number of carbonyl (C=O) groups excluding carboxylic acids is 1. The fourth-order valence-corrected chi connectivity index (χ4v) is 3.89. The second kappa shape index (κ2) is 6.63. The number of hydrogen-bond donors (Lipinski definition) is 1. The second-order valence-corrected chi connectivity index (χ2v) is 6.79. The number of anilines is 1. The lowest BCUT2D eigenvalue weighted by Gasteiger charge is -2.04. The molecule has 2 aromatic carbocycles. The predicted molar refractivity (Wildman–Crippen MR) is 102 cm³/mol. The Labute approximate surface area is 153 Å². The molecule has 4 rings (SSSR count). The van der Waals surface area contributed by atoms with E-state index in [9.17, 15) is 4.79 Å². The molecule has 0 radical (unpaired) electrons. The number of nitrogens with one attached hydrogen (secondary N) is 1. The lowest BCUT2D eigenvalue weighted by atomic mass is 10.2. The summed E-state index contributed by atoms with van der Waals surface area (Å²) in [6, 6.07) is 17.3. The van der Waals surface area contributed by atoms with Crippen molar-refractivity contribution in [2.75, 3.05) is 5.32 Å². The number of aromatic nitrogens is 2. The van der Waals surface area contributed by atoms with Crippen LogP contribution in [0.4, 0.5) is 5.69 Å². The van der Waals surface area contributed by atoms with Crippen molar-refractivity contribution >= 4 is 44.6 Å². The monoisotopic (exact) mass is 365 g/mol. The molecule has 0 aliphatic carbocycles. The van der Waals surface area contributed by atoms with E-state index in [0.29, 0.717) is 21.4 Å². The van der Waals surface area contributed by atoms with E-state index in [4.69, 9.17) is 11.6 Å². The Kier molecular flexibility index (Phi) is 4.17. The van der Waals surface area contributed by atoms with Crippen molar-refractivity contribution in [3.63, 3.8) is 0 Å². The average Bonchev–Trinajstić information content (AvgIpc) is 3.00. The molecule has 0 saturated heterocycles. The highest BCUT2D eigenvalue weighted by Gasteiger charge is 2.17. The van der Waals surface area contributed by atoms with Gasteiger partial charge < -0.3 is 5.32 Å². The Morgan fingerprint density at radius 3 is 2.36 bits per heavy atom. The largest absolute Gasteiger partial charge is 0.319 e. The Bertz CT molecular complexity index is 1050. The van der Waals surface area contributed by atoms with E-state index in [1.54, 1.807) is 12.4 Å². The van der Waals surface area contributed by atoms with Crippen molar-refractivity contribution in [3.05, 3.63) is 76.9 Å². The zero-order valence-corrected chi connectivity index (χ0v) is 14.5. The van der Waals surface area contributed by atoms with Crippen molar-refractivity contribution in [2.45, 2.75) is 0 Å². The lowest BCUT2D eigenvalue weighted by Crippen LogP contribution is -2.11. The van der Waals surface area contributed by atoms with Gasteiger partial charge in [0, 0.05) is 15.6 Å². The first-order chi connectivity index (χ1) is 12.2. The molecule has 0 atom stereocenters. The Morgan fingerprint density at radius 1 is 0.960 bits per heavy atom. The minimum atomic E-state index is -0.262. The summed E-state index contributed by atoms with van der Waals surface area (Å²) >= 11 is 7.71. The first-order valence-corrected chi connectivity index (χ1v) is 8.77. The summed E-state index contributed by atoms with van der Waals surface area (Å²) in [6.07, 6.45) is 3.18. The molecule has 4 nitrogen and oxygen atoms in total. The van der Waals surface area contributed by atoms with Gasteiger partial charge in [-0.2, -0.15) is 0 Å². The maximum Gasteiger partial charge on any atom is 0.267 e. The van der Waals surface area contributed by atoms with Crippen molar-refractivity contribution in [1.82, 2.24) is 9.97 Å². The summed E-state index contributed by atoms with van der Waals surface area (Å²) in [7, 11) is 0. The summed E-state index contributed by atoms with van der Waals surface area (Å²) in [5.74, 6) is 0.348. The van der Waals surface area contributed by atoms with Crippen LogP contribution in [-0.4, -0.2) is 15.9 Å². The lowest BCUT2D eigenvalue weighted by molar-refractivity contribution is 0.103. The molecule has 25 heavy (non-hydrogen) atoms. The van der Waals surface area contributed by atoms with E-state index in [1.807, 2.05) is 54.6 Å². The molecule has 2 aromatic heterocycles. The number of hydrogen-bond acceptors (Lipinski definition) is 4. The summed E-state index contributed by atoms with van der Waals surface area (Å²) in [6.45, 7) is 0. The molecule has 0 aliphatic rings. The third kappa shape index (κ3) is 3.12. The van der Waals surface area contributed by atoms with E-state index in [2.05, 4.69) is 15.3 Å². The molecule has 1 amide bonds. The van der Waals surface area contributed by atoms with Gasteiger partial charge in [-0.15, -0.1) is 11.3 Å². The molecular weight excluding hydrogens is 354 g/mol. The first-order valence-electron chi connectivity index (χ1n) is 7.58. The van der Waals surface area contributed by atoms with E-state index in [-0.39, 0.29) is 5.91 Å². The topological polar surface area (TPSA) is 54.9 Å². The normalized spacial score (nSPS) is 10.8. The van der Waals surface area contributed by atoms with E-state index >= 15 is 0 Å². The van der Waals surface area contributed by atoms with Crippen LogP contribution in [0.5, 0.6) is 0 Å². The molecule has 6 heteroatoms. The Hall–Kier alpha value is -2.76. The number of carbonyl (C=O) groups is 1. The summed E-state index contributed by atoms with van der Waals surface area (Å²) in [4.78, 5) is 21.6. The minimum Gasteiger partial charge on any atom is -0.319 e. The van der Waals surface area contributed by atoms with Crippen LogP contribution in [0, 0.1) is 0 Å². The fraction of sp³-hybridized carbons (Fsp3) is 0. The zero-order chi connectivity index (χ0) is 17.2. The second-order valence-electron chi connectivity index (χ2n) is 5.36. The van der Waals surface area contributed by atoms with Gasteiger partial charge in [0.25, 0.3) is 5.91 Å². The average molecular weight is 366 g/mol. The number of nitrogens with zero attached hydrogens (tertiary/aromatic N) is 2. The van der Waals surface area contributed by atoms with E-state index < -0.39 is 0 Å². The van der Waals surface area contributed by atoms with Gasteiger partial charge in [-0.3, -0.25) is 4.79 Å². The summed E-state index contributed by atoms with van der Waals surface area (Å²) in [5.41, 5.74) is 1.45. The first kappa shape index (κ1) is 15.7. The van der Waals surface area contributed by atoms with E-state index in [0.717, 1.165) is 15.6 Å². The molecule has 122 valence electrons. The third-order valence-electron chi connectivity index (χ3n) is 3.68. The standard InChI is InChI=1S/C19H12ClN3OS/c20-16-14-8-4-5-9-15(14)25-17(16)19(24)23-13-10-21-18(22-11-13)12-6-2-1-3-7-12/h1-11H,(H,23,24). The summed E-state index contributed by atoms with van der Waals surface area (Å²) in [5, 5.41) is 4.16. The van der Waals surface area contributed by atoms with Gasteiger partial charge in [-0.25, -0.2) is 9.97 Å². The number of halogens is 1. The third-order valence-corrected chi connectivity index (χ3v) is 5.36. The van der Waals surface area contributed by atoms with Crippen molar-refractivity contribution in [3.8, 4) is 11.4 Å². The van der Waals surface area contributed by atoms with Crippen molar-refractivity contribution in [2.24, 2.45) is 0 Å². The molecule has 4 aromatic rings. The molecule has 0 unspecified atom stereocenters. The Balaban J connectivity index is 1.57. The van der Waals surface area contributed by atoms with Gasteiger partial charge >= 0.3 is 0 Å². The summed E-state index contributed by atoms with van der Waals surface area (Å²) < 4.78 is 0.980. The van der Waals surface area contributed by atoms with Gasteiger partial charge in [0.15, 0.2) is 5.82 Å². The predicted octanol–water partition coefficient (Wildman–Crippen LogP) is 5.26. The molecule has 0 spiro atoms. The van der Waals surface area contributed by atoms with Crippen LogP contribution in [0.25, 0.3) is 21.5 Å². The van der Waals surface area contributed by atoms with Crippen LogP contribution in [-0.2, 0) is 0 Å². The van der Waals surface area contributed by atoms with Crippen LogP contribution in [0.2, 0.25) is 5.02 Å². The van der Waals surface area contributed by atoms with Crippen LogP contribution in [0.1, 0.15) is 9.67 Å². The molecule has 0 saturated carbocycles. The van der Waals surface area contributed by atoms with Gasteiger partial charge in [0.1, 0.15) is 4.88 Å². The van der Waals surface area contributed by atoms with Gasteiger partial charge in [-0.05, 0) is 6.07 Å². The molecule has 0 fully saturated rings. The maximum absolute atomic E-state index is 12.5. The fourth-order valence-electron chi connectivity index (χ4n) is 2.48. The Morgan fingerprint density at radius 2 is 1.64 bits per heavy atom. The van der Waals surface area contributed by atoms with Crippen LogP contribution in [0.3, 0.4) is 0 Å². The molecule has 1 N–H and O–H groups in total. The zero-order valence-electron chi connectivity index (χ0n) is 12.9. The molecule has 0 aliphatic heterocycles. The SMILES string of the molecule is O=C(Nc1cnc(-c2ccccc2)nc1)c1sc2ccccc2c1Cl. The highest BCUT2D eigenvalue weighted by atomic mass is 35.5. The smallest absolute Gasteiger partial charge is 0.267 e. The van der Waals surface area contributed by atoms with Crippen LogP contribution in [0.15, 0.2) is 67.0 Å². The number of thiophene rings is 1. The molecular formula is C19H12ClN3OS. The minimum absolute atomic E-state index is 0.262. The quantitative estimate of drug-likeness (QED) is 0.538. The maximum atomic E-state index is 12.5. The van der Waals surface area contributed by atoms with Crippen LogP contribution < -0.4 is 5.32 Å². The number of fused-ring (bicyclic) bond motifs is 1. The van der Waals surface area contributed by atoms with Gasteiger partial charge in [0.2, 0.25) is 0 Å². The van der Waals surface area contributed by atoms with E-state index in [1.165, 1.54) is 11.3 Å². The van der Waals surface area contributed by atoms with Crippen LogP contribution >= 0.6 is 22.9 Å². The number of benzene rings is 2. The van der Waals surface area contributed by atoms with Gasteiger partial charge in [-0.1, -0.05) is 60.1 Å².